The lowest BCUT2D eigenvalue weighted by atomic mass is 10.4. The fraction of sp³-hybridized carbons (Fsp3) is 0.364. The Kier molecular flexibility index (Phi) is 4.43. The molecule has 0 saturated carbocycles. The van der Waals surface area contributed by atoms with Gasteiger partial charge in [-0.25, -0.2) is 0 Å². The van der Waals surface area contributed by atoms with Gasteiger partial charge in [0.25, 0.3) is 0 Å². The lowest BCUT2D eigenvalue weighted by Gasteiger charge is -2.16. The van der Waals surface area contributed by atoms with Crippen LogP contribution in [0.5, 0.6) is 0 Å². The van der Waals surface area contributed by atoms with Gasteiger partial charge in [-0.15, -0.1) is 21.5 Å². The first-order chi connectivity index (χ1) is 9.08. The van der Waals surface area contributed by atoms with E-state index in [2.05, 4.69) is 16.3 Å². The van der Waals surface area contributed by atoms with Gasteiger partial charge in [-0.3, -0.25) is 9.36 Å². The molecule has 2 heterocycles. The van der Waals surface area contributed by atoms with Crippen LogP contribution in [0.4, 0.5) is 5.95 Å². The number of thiophene rings is 1. The van der Waals surface area contributed by atoms with Crippen LogP contribution in [0.15, 0.2) is 22.7 Å². The fourth-order valence-electron chi connectivity index (χ4n) is 1.60. The molecule has 0 amide bonds. The van der Waals surface area contributed by atoms with Crippen molar-refractivity contribution in [1.82, 2.24) is 14.8 Å². The van der Waals surface area contributed by atoms with Crippen molar-refractivity contribution in [2.24, 2.45) is 7.05 Å². The van der Waals surface area contributed by atoms with Gasteiger partial charge in [0.15, 0.2) is 5.16 Å². The summed E-state index contributed by atoms with van der Waals surface area (Å²) in [5.41, 5.74) is 0. The summed E-state index contributed by atoms with van der Waals surface area (Å²) in [7, 11) is 3.78. The van der Waals surface area contributed by atoms with Crippen LogP contribution in [-0.2, 0) is 18.4 Å². The number of carbonyl (C=O) groups is 1. The highest BCUT2D eigenvalue weighted by molar-refractivity contribution is 7.99. The Labute approximate surface area is 119 Å². The minimum atomic E-state index is -0.860. The number of carboxylic acids is 1. The molecule has 2 rings (SSSR count). The molecule has 6 nitrogen and oxygen atoms in total. The number of nitrogens with zero attached hydrogens (tertiary/aromatic N) is 4. The molecule has 0 saturated heterocycles. The van der Waals surface area contributed by atoms with Gasteiger partial charge in [-0.2, -0.15) is 0 Å². The van der Waals surface area contributed by atoms with Crippen LogP contribution in [0, 0.1) is 0 Å². The van der Waals surface area contributed by atoms with Gasteiger partial charge >= 0.3 is 5.97 Å². The fourth-order valence-corrected chi connectivity index (χ4v) is 2.98. The van der Waals surface area contributed by atoms with E-state index in [1.165, 1.54) is 16.6 Å². The standard InChI is InChI=1S/C11H14N4O2S2/c1-14(6-8-4-3-5-18-8)10-12-13-11(15(10)2)19-7-9(16)17/h3-5H,6-7H2,1-2H3,(H,16,17). The van der Waals surface area contributed by atoms with Crippen molar-refractivity contribution < 1.29 is 9.90 Å². The minimum absolute atomic E-state index is 0.0133. The first kappa shape index (κ1) is 13.9. The van der Waals surface area contributed by atoms with Crippen molar-refractivity contribution in [2.75, 3.05) is 17.7 Å². The van der Waals surface area contributed by atoms with Crippen LogP contribution in [0.2, 0.25) is 0 Å². The van der Waals surface area contributed by atoms with E-state index in [1.807, 2.05) is 30.4 Å². The zero-order chi connectivity index (χ0) is 13.8. The zero-order valence-corrected chi connectivity index (χ0v) is 12.2. The van der Waals surface area contributed by atoms with E-state index < -0.39 is 5.97 Å². The maximum absolute atomic E-state index is 10.5. The number of carboxylic acid groups (broad SMARTS) is 1. The summed E-state index contributed by atoms with van der Waals surface area (Å²) in [6.07, 6.45) is 0. The summed E-state index contributed by atoms with van der Waals surface area (Å²) in [6.45, 7) is 0.757. The molecule has 0 aliphatic rings. The minimum Gasteiger partial charge on any atom is -0.481 e. The first-order valence-corrected chi connectivity index (χ1v) is 7.42. The largest absolute Gasteiger partial charge is 0.481 e. The average molecular weight is 298 g/mol. The number of anilines is 1. The van der Waals surface area contributed by atoms with Crippen LogP contribution in [-0.4, -0.2) is 38.6 Å². The van der Waals surface area contributed by atoms with Gasteiger partial charge in [-0.05, 0) is 11.4 Å². The molecule has 102 valence electrons. The van der Waals surface area contributed by atoms with Gasteiger partial charge in [-0.1, -0.05) is 17.8 Å². The van der Waals surface area contributed by atoms with E-state index in [1.54, 1.807) is 15.9 Å². The molecule has 19 heavy (non-hydrogen) atoms. The number of aromatic nitrogens is 3. The molecule has 2 aromatic rings. The van der Waals surface area contributed by atoms with E-state index in [4.69, 9.17) is 5.11 Å². The maximum Gasteiger partial charge on any atom is 0.313 e. The number of rotatable bonds is 6. The van der Waals surface area contributed by atoms with Crippen LogP contribution in [0.3, 0.4) is 0 Å². The predicted octanol–water partition coefficient (Wildman–Crippen LogP) is 1.69. The molecular weight excluding hydrogens is 284 g/mol. The molecule has 0 unspecified atom stereocenters. The van der Waals surface area contributed by atoms with Crippen LogP contribution in [0.25, 0.3) is 0 Å². The van der Waals surface area contributed by atoms with Crippen molar-refractivity contribution >= 4 is 35.0 Å². The lowest BCUT2D eigenvalue weighted by molar-refractivity contribution is -0.133. The Morgan fingerprint density at radius 3 is 3.00 bits per heavy atom. The maximum atomic E-state index is 10.5. The molecule has 0 atom stereocenters. The molecule has 8 heteroatoms. The molecule has 0 spiro atoms. The van der Waals surface area contributed by atoms with Gasteiger partial charge in [0.05, 0.1) is 12.3 Å². The van der Waals surface area contributed by atoms with E-state index in [0.717, 1.165) is 12.5 Å². The Morgan fingerprint density at radius 2 is 2.37 bits per heavy atom. The van der Waals surface area contributed by atoms with Crippen LogP contribution < -0.4 is 4.90 Å². The second-order valence-corrected chi connectivity index (χ2v) is 5.93. The highest BCUT2D eigenvalue weighted by Crippen LogP contribution is 2.21. The monoisotopic (exact) mass is 298 g/mol. The third kappa shape index (κ3) is 3.48. The molecule has 0 bridgehead atoms. The van der Waals surface area contributed by atoms with Gasteiger partial charge < -0.3 is 10.0 Å². The average Bonchev–Trinajstić information content (AvgIpc) is 2.96. The quantitative estimate of drug-likeness (QED) is 0.818. The highest BCUT2D eigenvalue weighted by Gasteiger charge is 2.14. The van der Waals surface area contributed by atoms with Crippen molar-refractivity contribution in [3.05, 3.63) is 22.4 Å². The van der Waals surface area contributed by atoms with Crippen molar-refractivity contribution in [2.45, 2.75) is 11.7 Å². The second kappa shape index (κ2) is 6.07. The first-order valence-electron chi connectivity index (χ1n) is 5.55. The predicted molar refractivity (Wildman–Crippen MR) is 75.8 cm³/mol. The van der Waals surface area contributed by atoms with E-state index >= 15 is 0 Å². The second-order valence-electron chi connectivity index (χ2n) is 3.96. The van der Waals surface area contributed by atoms with Gasteiger partial charge in [0.2, 0.25) is 5.95 Å². The molecule has 1 N–H and O–H groups in total. The SMILES string of the molecule is CN(Cc1cccs1)c1nnc(SCC(=O)O)n1C. The third-order valence-electron chi connectivity index (χ3n) is 2.45. The lowest BCUT2D eigenvalue weighted by Crippen LogP contribution is -2.19. The smallest absolute Gasteiger partial charge is 0.313 e. The Bertz CT molecular complexity index is 553. The van der Waals surface area contributed by atoms with Crippen molar-refractivity contribution in [3.63, 3.8) is 0 Å². The summed E-state index contributed by atoms with van der Waals surface area (Å²) >= 11 is 2.86. The number of aliphatic carboxylic acids is 1. The molecular formula is C11H14N4O2S2. The molecule has 0 aliphatic carbocycles. The third-order valence-corrected chi connectivity index (χ3v) is 4.32. The summed E-state index contributed by atoms with van der Waals surface area (Å²) in [5.74, 6) is -0.150. The Hall–Kier alpha value is -1.54. The van der Waals surface area contributed by atoms with Gasteiger partial charge in [0.1, 0.15) is 0 Å². The van der Waals surface area contributed by atoms with E-state index in [-0.39, 0.29) is 5.75 Å². The van der Waals surface area contributed by atoms with Crippen molar-refractivity contribution in [1.29, 1.82) is 0 Å². The summed E-state index contributed by atoms with van der Waals surface area (Å²) in [6, 6.07) is 4.08. The number of hydrogen-bond donors (Lipinski definition) is 1. The van der Waals surface area contributed by atoms with Crippen LogP contribution >= 0.6 is 23.1 Å². The Morgan fingerprint density at radius 1 is 1.58 bits per heavy atom. The molecule has 0 aliphatic heterocycles. The Balaban J connectivity index is 2.06. The summed E-state index contributed by atoms with van der Waals surface area (Å²) in [5, 5.41) is 19.4. The molecule has 0 radical (unpaired) electrons. The summed E-state index contributed by atoms with van der Waals surface area (Å²) in [4.78, 5) is 13.8. The van der Waals surface area contributed by atoms with Crippen LogP contribution in [0.1, 0.15) is 4.88 Å². The zero-order valence-electron chi connectivity index (χ0n) is 10.6. The number of thioether (sulfide) groups is 1. The van der Waals surface area contributed by atoms with Crippen molar-refractivity contribution in [3.8, 4) is 0 Å². The van der Waals surface area contributed by atoms with E-state index in [9.17, 15) is 4.79 Å². The van der Waals surface area contributed by atoms with E-state index in [0.29, 0.717) is 5.16 Å². The molecule has 2 aromatic heterocycles. The normalized spacial score (nSPS) is 10.6. The molecule has 0 fully saturated rings. The van der Waals surface area contributed by atoms with Gasteiger partial charge in [0, 0.05) is 19.0 Å². The molecule has 0 aromatic carbocycles. The number of hydrogen-bond acceptors (Lipinski definition) is 6. The highest BCUT2D eigenvalue weighted by atomic mass is 32.2. The topological polar surface area (TPSA) is 71.2 Å². The summed E-state index contributed by atoms with van der Waals surface area (Å²) < 4.78 is 1.81.